The maximum absolute atomic E-state index is 13.4. The smallest absolute Gasteiger partial charge is 0.257 e. The summed E-state index contributed by atoms with van der Waals surface area (Å²) in [6, 6.07) is 17.4. The first-order valence-corrected chi connectivity index (χ1v) is 10.6. The van der Waals surface area contributed by atoms with Gasteiger partial charge in [-0.3, -0.25) is 4.79 Å². The van der Waals surface area contributed by atoms with E-state index >= 15 is 0 Å². The third kappa shape index (κ3) is 3.26. The number of halogens is 1. The Bertz CT molecular complexity index is 1080. The van der Waals surface area contributed by atoms with E-state index in [9.17, 15) is 4.79 Å². The lowest BCUT2D eigenvalue weighted by atomic mass is 10.0. The summed E-state index contributed by atoms with van der Waals surface area (Å²) in [6.45, 7) is 3.18. The highest BCUT2D eigenvalue weighted by Crippen LogP contribution is 2.38. The lowest BCUT2D eigenvalue weighted by Crippen LogP contribution is -2.46. The minimum atomic E-state index is -0.415. The number of hydrogen-bond donors (Lipinski definition) is 1. The highest BCUT2D eigenvalue weighted by molar-refractivity contribution is 6.30. The molecule has 3 heterocycles. The van der Waals surface area contributed by atoms with E-state index < -0.39 is 6.17 Å². The van der Waals surface area contributed by atoms with Crippen LogP contribution in [0.3, 0.4) is 0 Å². The van der Waals surface area contributed by atoms with Crippen LogP contribution in [0.15, 0.2) is 54.6 Å². The fourth-order valence-electron chi connectivity index (χ4n) is 4.28. The second-order valence-corrected chi connectivity index (χ2v) is 8.08. The first kappa shape index (κ1) is 19.2. The monoisotopic (exact) mass is 422 g/mol. The molecule has 154 valence electrons. The van der Waals surface area contributed by atoms with E-state index in [1.165, 1.54) is 0 Å². The average molecular weight is 423 g/mol. The number of nitrogens with one attached hydrogen (secondary N) is 1. The largest absolute Gasteiger partial charge is 0.376 e. The number of carbonyl (C=O) groups excluding carboxylic acids is 1. The Morgan fingerprint density at radius 1 is 1.17 bits per heavy atom. The van der Waals surface area contributed by atoms with Crippen molar-refractivity contribution < 1.29 is 9.53 Å². The van der Waals surface area contributed by atoms with Gasteiger partial charge in [0, 0.05) is 18.8 Å². The van der Waals surface area contributed by atoms with E-state index in [0.717, 1.165) is 42.1 Å². The molecular weight excluding hydrogens is 400 g/mol. The summed E-state index contributed by atoms with van der Waals surface area (Å²) in [6.07, 6.45) is 1.59. The fourth-order valence-corrected chi connectivity index (χ4v) is 4.65. The van der Waals surface area contributed by atoms with E-state index in [4.69, 9.17) is 16.3 Å². The zero-order valence-corrected chi connectivity index (χ0v) is 17.5. The number of anilines is 1. The quantitative estimate of drug-likeness (QED) is 0.668. The summed E-state index contributed by atoms with van der Waals surface area (Å²) in [5.41, 5.74) is 3.94. The molecule has 30 heavy (non-hydrogen) atoms. The zero-order chi connectivity index (χ0) is 20.7. The van der Waals surface area contributed by atoms with Crippen molar-refractivity contribution in [2.24, 2.45) is 0 Å². The Morgan fingerprint density at radius 2 is 1.93 bits per heavy atom. The number of benzene rings is 2. The fraction of sp³-hybridized carbons (Fsp3) is 0.304. The maximum Gasteiger partial charge on any atom is 0.257 e. The molecule has 1 amide bonds. The van der Waals surface area contributed by atoms with Gasteiger partial charge in [-0.05, 0) is 44.0 Å². The van der Waals surface area contributed by atoms with Gasteiger partial charge in [-0.25, -0.2) is 4.68 Å². The van der Waals surface area contributed by atoms with Crippen molar-refractivity contribution in [3.63, 3.8) is 0 Å². The molecule has 0 bridgehead atoms. The van der Waals surface area contributed by atoms with Crippen molar-refractivity contribution in [3.05, 3.63) is 76.6 Å². The molecule has 1 N–H and O–H groups in total. The lowest BCUT2D eigenvalue weighted by Gasteiger charge is -2.39. The first-order chi connectivity index (χ1) is 14.6. The third-order valence-electron chi connectivity index (χ3n) is 5.77. The molecule has 0 spiro atoms. The first-order valence-electron chi connectivity index (χ1n) is 10.2. The summed E-state index contributed by atoms with van der Waals surface area (Å²) in [4.78, 5) is 15.3. The van der Waals surface area contributed by atoms with Crippen molar-refractivity contribution in [2.75, 3.05) is 18.5 Å². The number of para-hydroxylation sites is 2. The molecule has 1 saturated heterocycles. The molecule has 0 aliphatic carbocycles. The zero-order valence-electron chi connectivity index (χ0n) is 16.7. The van der Waals surface area contributed by atoms with Crippen molar-refractivity contribution in [2.45, 2.75) is 32.0 Å². The van der Waals surface area contributed by atoms with Gasteiger partial charge in [-0.2, -0.15) is 5.10 Å². The van der Waals surface area contributed by atoms with Crippen molar-refractivity contribution in [1.29, 1.82) is 0 Å². The Labute approximate surface area is 180 Å². The second kappa shape index (κ2) is 7.78. The number of rotatable bonds is 4. The molecule has 2 aromatic carbocycles. The summed E-state index contributed by atoms with van der Waals surface area (Å²) < 4.78 is 7.56. The van der Waals surface area contributed by atoms with E-state index in [0.29, 0.717) is 17.3 Å². The van der Waals surface area contributed by atoms with Crippen LogP contribution in [0.25, 0.3) is 5.69 Å². The normalized spacial score (nSPS) is 20.9. The number of ether oxygens (including phenoxy) is 1. The Balaban J connectivity index is 1.59. The van der Waals surface area contributed by atoms with Gasteiger partial charge in [0.1, 0.15) is 11.3 Å². The molecule has 2 atom stereocenters. The van der Waals surface area contributed by atoms with Gasteiger partial charge < -0.3 is 15.0 Å². The van der Waals surface area contributed by atoms with Crippen molar-refractivity contribution in [3.8, 4) is 5.69 Å². The molecule has 2 aliphatic heterocycles. The van der Waals surface area contributed by atoms with E-state index in [2.05, 4.69) is 10.4 Å². The number of aromatic nitrogens is 2. The van der Waals surface area contributed by atoms with Gasteiger partial charge in [-0.15, -0.1) is 0 Å². The van der Waals surface area contributed by atoms with Gasteiger partial charge in [0.25, 0.3) is 5.91 Å². The topological polar surface area (TPSA) is 59.4 Å². The number of amides is 1. The highest BCUT2D eigenvalue weighted by atomic mass is 35.5. The molecule has 0 radical (unpaired) electrons. The second-order valence-electron chi connectivity index (χ2n) is 7.72. The van der Waals surface area contributed by atoms with Crippen LogP contribution in [0.5, 0.6) is 0 Å². The number of hydrogen-bond acceptors (Lipinski definition) is 4. The van der Waals surface area contributed by atoms with Crippen molar-refractivity contribution in [1.82, 2.24) is 14.7 Å². The van der Waals surface area contributed by atoms with E-state index in [1.54, 1.807) is 4.68 Å². The minimum Gasteiger partial charge on any atom is -0.376 e. The summed E-state index contributed by atoms with van der Waals surface area (Å²) in [7, 11) is 0. The average Bonchev–Trinajstić information content (AvgIpc) is 3.38. The molecule has 6 nitrogen and oxygen atoms in total. The van der Waals surface area contributed by atoms with Crippen LogP contribution >= 0.6 is 11.6 Å². The predicted octanol–water partition coefficient (Wildman–Crippen LogP) is 4.58. The molecule has 0 saturated carbocycles. The van der Waals surface area contributed by atoms with Gasteiger partial charge in [0.15, 0.2) is 0 Å². The van der Waals surface area contributed by atoms with Crippen LogP contribution in [-0.2, 0) is 4.74 Å². The standard InChI is InChI=1S/C23H23ClN4O2/c1-15-20(21(24)28(26-15)16-8-3-2-4-9-16)22-25-19-12-6-5-11-18(19)23(29)27(22)14-17-10-7-13-30-17/h2-6,8-9,11-12,17,22,25H,7,10,13-14H2,1H3/t17-,22-/m1/s1. The summed E-state index contributed by atoms with van der Waals surface area (Å²) >= 11 is 6.85. The van der Waals surface area contributed by atoms with Crippen LogP contribution < -0.4 is 5.32 Å². The minimum absolute atomic E-state index is 0.0206. The van der Waals surface area contributed by atoms with Crippen LogP contribution in [0.1, 0.15) is 40.6 Å². The molecule has 0 unspecified atom stereocenters. The van der Waals surface area contributed by atoms with E-state index in [1.807, 2.05) is 66.4 Å². The molecule has 2 aliphatic rings. The molecule has 7 heteroatoms. The Morgan fingerprint density at radius 3 is 2.70 bits per heavy atom. The summed E-state index contributed by atoms with van der Waals surface area (Å²) in [5.74, 6) is -0.0206. The van der Waals surface area contributed by atoms with Crippen molar-refractivity contribution >= 4 is 23.2 Å². The maximum atomic E-state index is 13.4. The molecule has 1 fully saturated rings. The van der Waals surface area contributed by atoms with E-state index in [-0.39, 0.29) is 12.0 Å². The number of aryl methyl sites for hydroxylation is 1. The molecule has 5 rings (SSSR count). The van der Waals surface area contributed by atoms with Crippen LogP contribution in [0, 0.1) is 6.92 Å². The number of nitrogens with zero attached hydrogens (tertiary/aromatic N) is 3. The third-order valence-corrected chi connectivity index (χ3v) is 6.13. The van der Waals surface area contributed by atoms with Gasteiger partial charge in [0.05, 0.1) is 28.6 Å². The molecule has 1 aromatic heterocycles. The number of carbonyl (C=O) groups is 1. The van der Waals surface area contributed by atoms with Gasteiger partial charge in [0.2, 0.25) is 0 Å². The Hall–Kier alpha value is -2.83. The predicted molar refractivity (Wildman–Crippen MR) is 116 cm³/mol. The number of fused-ring (bicyclic) bond motifs is 1. The highest BCUT2D eigenvalue weighted by Gasteiger charge is 2.38. The van der Waals surface area contributed by atoms with Crippen LogP contribution in [0.4, 0.5) is 5.69 Å². The van der Waals surface area contributed by atoms with Crippen LogP contribution in [-0.4, -0.2) is 39.8 Å². The van der Waals surface area contributed by atoms with Crippen LogP contribution in [0.2, 0.25) is 5.15 Å². The summed E-state index contributed by atoms with van der Waals surface area (Å²) in [5, 5.41) is 8.70. The SMILES string of the molecule is Cc1nn(-c2ccccc2)c(Cl)c1[C@@H]1Nc2ccccc2C(=O)N1C[C@H]1CCCO1. The molecular formula is C23H23ClN4O2. The lowest BCUT2D eigenvalue weighted by molar-refractivity contribution is 0.0426. The van der Waals surface area contributed by atoms with Gasteiger partial charge >= 0.3 is 0 Å². The Kier molecular flexibility index (Phi) is 4.97. The van der Waals surface area contributed by atoms with Gasteiger partial charge in [-0.1, -0.05) is 41.9 Å². The molecule has 3 aromatic rings.